The van der Waals surface area contributed by atoms with Crippen LogP contribution in [0.25, 0.3) is 0 Å². The van der Waals surface area contributed by atoms with E-state index in [0.29, 0.717) is 12.4 Å². The van der Waals surface area contributed by atoms with Gasteiger partial charge in [0.05, 0.1) is 4.90 Å². The van der Waals surface area contributed by atoms with Crippen LogP contribution in [0.5, 0.6) is 0 Å². The SMILES string of the molecule is CNc1cc(S(=O)(=O)N(C)CC(C)(C)C)ccn1. The molecule has 0 saturated carbocycles. The van der Waals surface area contributed by atoms with Gasteiger partial charge in [-0.25, -0.2) is 17.7 Å². The van der Waals surface area contributed by atoms with Crippen LogP contribution in [0.3, 0.4) is 0 Å². The number of pyridine rings is 1. The Morgan fingerprint density at radius 3 is 2.50 bits per heavy atom. The van der Waals surface area contributed by atoms with E-state index in [0.717, 1.165) is 0 Å². The molecule has 1 heterocycles. The molecule has 0 unspecified atom stereocenters. The van der Waals surface area contributed by atoms with Crippen LogP contribution >= 0.6 is 0 Å². The highest BCUT2D eigenvalue weighted by Gasteiger charge is 2.25. The van der Waals surface area contributed by atoms with Gasteiger partial charge in [-0.1, -0.05) is 20.8 Å². The summed E-state index contributed by atoms with van der Waals surface area (Å²) in [5, 5.41) is 2.83. The van der Waals surface area contributed by atoms with Crippen molar-refractivity contribution in [3.63, 3.8) is 0 Å². The lowest BCUT2D eigenvalue weighted by atomic mass is 9.97. The smallest absolute Gasteiger partial charge is 0.243 e. The van der Waals surface area contributed by atoms with Crippen molar-refractivity contribution in [1.29, 1.82) is 0 Å². The summed E-state index contributed by atoms with van der Waals surface area (Å²) in [6.45, 7) is 6.48. The third kappa shape index (κ3) is 3.68. The minimum absolute atomic E-state index is 0.0827. The van der Waals surface area contributed by atoms with Gasteiger partial charge in [-0.15, -0.1) is 0 Å². The fourth-order valence-electron chi connectivity index (χ4n) is 1.64. The van der Waals surface area contributed by atoms with Crippen LogP contribution in [0.4, 0.5) is 5.82 Å². The first-order chi connectivity index (χ1) is 8.16. The molecule has 0 spiro atoms. The van der Waals surface area contributed by atoms with Crippen LogP contribution in [-0.2, 0) is 10.0 Å². The zero-order valence-electron chi connectivity index (χ0n) is 11.6. The molecule has 102 valence electrons. The number of nitrogens with one attached hydrogen (secondary N) is 1. The Bertz CT molecular complexity index is 506. The molecular weight excluding hydrogens is 250 g/mol. The van der Waals surface area contributed by atoms with Gasteiger partial charge >= 0.3 is 0 Å². The number of rotatable bonds is 4. The summed E-state index contributed by atoms with van der Waals surface area (Å²) in [5.41, 5.74) is -0.0827. The molecule has 0 radical (unpaired) electrons. The molecule has 1 N–H and O–H groups in total. The fourth-order valence-corrected chi connectivity index (χ4v) is 3.05. The molecule has 1 aromatic heterocycles. The van der Waals surface area contributed by atoms with E-state index in [1.807, 2.05) is 20.8 Å². The van der Waals surface area contributed by atoms with E-state index in [-0.39, 0.29) is 10.3 Å². The Hall–Kier alpha value is -1.14. The molecule has 0 amide bonds. The monoisotopic (exact) mass is 271 g/mol. The van der Waals surface area contributed by atoms with Crippen molar-refractivity contribution < 1.29 is 8.42 Å². The molecule has 0 aromatic carbocycles. The van der Waals surface area contributed by atoms with Gasteiger partial charge < -0.3 is 5.32 Å². The van der Waals surface area contributed by atoms with Gasteiger partial charge in [0.25, 0.3) is 0 Å². The maximum atomic E-state index is 12.3. The van der Waals surface area contributed by atoms with Gasteiger partial charge in [-0.2, -0.15) is 0 Å². The number of aromatic nitrogens is 1. The highest BCUT2D eigenvalue weighted by Crippen LogP contribution is 2.21. The predicted molar refractivity (Wildman–Crippen MR) is 73.1 cm³/mol. The molecular formula is C12H21N3O2S. The van der Waals surface area contributed by atoms with Crippen LogP contribution in [0, 0.1) is 5.41 Å². The largest absolute Gasteiger partial charge is 0.373 e. The van der Waals surface area contributed by atoms with Gasteiger partial charge in [0, 0.05) is 32.9 Å². The van der Waals surface area contributed by atoms with Crippen molar-refractivity contribution in [1.82, 2.24) is 9.29 Å². The quantitative estimate of drug-likeness (QED) is 0.907. The zero-order valence-corrected chi connectivity index (χ0v) is 12.4. The Balaban J connectivity index is 3.05. The first-order valence-electron chi connectivity index (χ1n) is 5.77. The molecule has 0 aliphatic rings. The molecule has 0 saturated heterocycles. The van der Waals surface area contributed by atoms with Gasteiger partial charge in [0.15, 0.2) is 0 Å². The molecule has 0 atom stereocenters. The van der Waals surface area contributed by atoms with Gasteiger partial charge in [0.2, 0.25) is 10.0 Å². The number of sulfonamides is 1. The second-order valence-electron chi connectivity index (χ2n) is 5.45. The minimum Gasteiger partial charge on any atom is -0.373 e. The lowest BCUT2D eigenvalue weighted by Gasteiger charge is -2.26. The van der Waals surface area contributed by atoms with Crippen LogP contribution < -0.4 is 5.32 Å². The molecule has 1 rings (SSSR count). The summed E-state index contributed by atoms with van der Waals surface area (Å²) < 4.78 is 26.1. The molecule has 0 fully saturated rings. The topological polar surface area (TPSA) is 62.3 Å². The Morgan fingerprint density at radius 1 is 1.39 bits per heavy atom. The number of anilines is 1. The van der Waals surface area contributed by atoms with E-state index in [1.54, 1.807) is 14.1 Å². The number of nitrogens with zero attached hydrogens (tertiary/aromatic N) is 2. The first kappa shape index (κ1) is 14.9. The zero-order chi connectivity index (χ0) is 14.0. The standard InChI is InChI=1S/C12H21N3O2S/c1-12(2,3)9-15(5)18(16,17)10-6-7-14-11(8-10)13-4/h6-8H,9H2,1-5H3,(H,13,14). The lowest BCUT2D eigenvalue weighted by Crippen LogP contribution is -2.34. The van der Waals surface area contributed by atoms with Gasteiger partial charge in [0.1, 0.15) is 5.82 Å². The van der Waals surface area contributed by atoms with Crippen LogP contribution in [0.1, 0.15) is 20.8 Å². The molecule has 0 aliphatic carbocycles. The summed E-state index contributed by atoms with van der Waals surface area (Å²) in [5.74, 6) is 0.542. The maximum absolute atomic E-state index is 12.3. The van der Waals surface area contributed by atoms with Crippen molar-refractivity contribution in [3.8, 4) is 0 Å². The Morgan fingerprint density at radius 2 is 2.00 bits per heavy atom. The van der Waals surface area contributed by atoms with E-state index in [4.69, 9.17) is 0 Å². The second-order valence-corrected chi connectivity index (χ2v) is 7.49. The lowest BCUT2D eigenvalue weighted by molar-refractivity contribution is 0.311. The van der Waals surface area contributed by atoms with E-state index in [2.05, 4.69) is 10.3 Å². The number of hydrogen-bond donors (Lipinski definition) is 1. The average molecular weight is 271 g/mol. The van der Waals surface area contributed by atoms with Crippen LogP contribution in [0.2, 0.25) is 0 Å². The molecule has 18 heavy (non-hydrogen) atoms. The van der Waals surface area contributed by atoms with Crippen molar-refractivity contribution in [2.24, 2.45) is 5.41 Å². The molecule has 1 aromatic rings. The predicted octanol–water partition coefficient (Wildman–Crippen LogP) is 1.79. The highest BCUT2D eigenvalue weighted by atomic mass is 32.2. The van der Waals surface area contributed by atoms with Crippen molar-refractivity contribution in [3.05, 3.63) is 18.3 Å². The van der Waals surface area contributed by atoms with E-state index in [1.165, 1.54) is 22.6 Å². The van der Waals surface area contributed by atoms with E-state index < -0.39 is 10.0 Å². The fraction of sp³-hybridized carbons (Fsp3) is 0.583. The van der Waals surface area contributed by atoms with Gasteiger partial charge in [-0.05, 0) is 11.5 Å². The second kappa shape index (κ2) is 5.24. The molecule has 6 heteroatoms. The van der Waals surface area contributed by atoms with Gasteiger partial charge in [-0.3, -0.25) is 0 Å². The minimum atomic E-state index is -3.45. The maximum Gasteiger partial charge on any atom is 0.243 e. The normalized spacial score (nSPS) is 12.8. The molecule has 5 nitrogen and oxygen atoms in total. The number of hydrogen-bond acceptors (Lipinski definition) is 4. The third-order valence-electron chi connectivity index (χ3n) is 2.39. The van der Waals surface area contributed by atoms with Crippen molar-refractivity contribution >= 4 is 15.8 Å². The van der Waals surface area contributed by atoms with Crippen molar-refractivity contribution in [2.45, 2.75) is 25.7 Å². The molecule has 0 bridgehead atoms. The van der Waals surface area contributed by atoms with E-state index >= 15 is 0 Å². The summed E-state index contributed by atoms with van der Waals surface area (Å²) in [4.78, 5) is 4.27. The Kier molecular flexibility index (Phi) is 4.34. The van der Waals surface area contributed by atoms with Crippen molar-refractivity contribution in [2.75, 3.05) is 26.0 Å². The average Bonchev–Trinajstić information content (AvgIpc) is 2.27. The summed E-state index contributed by atoms with van der Waals surface area (Å²) in [6.07, 6.45) is 1.49. The Labute approximate surface area is 109 Å². The van der Waals surface area contributed by atoms with E-state index in [9.17, 15) is 8.42 Å². The highest BCUT2D eigenvalue weighted by molar-refractivity contribution is 7.89. The molecule has 0 aliphatic heterocycles. The summed E-state index contributed by atoms with van der Waals surface area (Å²) in [7, 11) is -0.148. The van der Waals surface area contributed by atoms with Crippen LogP contribution in [-0.4, -0.2) is 38.3 Å². The summed E-state index contributed by atoms with van der Waals surface area (Å²) in [6, 6.07) is 3.05. The summed E-state index contributed by atoms with van der Waals surface area (Å²) >= 11 is 0. The van der Waals surface area contributed by atoms with Crippen LogP contribution in [0.15, 0.2) is 23.2 Å². The third-order valence-corrected chi connectivity index (χ3v) is 4.19. The first-order valence-corrected chi connectivity index (χ1v) is 7.21.